The fourth-order valence-corrected chi connectivity index (χ4v) is 4.39. The number of hydrogen-bond donors (Lipinski definition) is 4. The highest BCUT2D eigenvalue weighted by Crippen LogP contribution is 2.30. The molecule has 184 valence electrons. The number of ether oxygens (including phenoxy) is 1. The lowest BCUT2D eigenvalue weighted by molar-refractivity contribution is -0.0224. The number of nitrogens with one attached hydrogen (secondary N) is 3. The molecule has 1 aliphatic rings. The van der Waals surface area contributed by atoms with E-state index < -0.39 is 0 Å². The van der Waals surface area contributed by atoms with Gasteiger partial charge in [0.05, 0.1) is 41.3 Å². The highest BCUT2D eigenvalue weighted by Gasteiger charge is 2.25. The third-order valence-corrected chi connectivity index (χ3v) is 6.31. The van der Waals surface area contributed by atoms with Gasteiger partial charge in [-0.15, -0.1) is 0 Å². The minimum Gasteiger partial charge on any atom is -0.394 e. The average molecular weight is 507 g/mol. The molecule has 11 heteroatoms. The molecule has 4 aromatic rings. The lowest BCUT2D eigenvalue weighted by atomic mass is 10.0. The Morgan fingerprint density at radius 1 is 1.14 bits per heavy atom. The smallest absolute Gasteiger partial charge is 0.274 e. The van der Waals surface area contributed by atoms with Gasteiger partial charge in [0.15, 0.2) is 5.78 Å². The number of carbonyl (C=O) groups excluding carboxylic acids is 2. The zero-order chi connectivity index (χ0) is 25.1. The van der Waals surface area contributed by atoms with Gasteiger partial charge in [0.2, 0.25) is 0 Å². The van der Waals surface area contributed by atoms with Gasteiger partial charge in [-0.1, -0.05) is 17.7 Å². The molecule has 0 bridgehead atoms. The molecule has 4 N–H and O–H groups in total. The summed E-state index contributed by atoms with van der Waals surface area (Å²) >= 11 is 6.46. The summed E-state index contributed by atoms with van der Waals surface area (Å²) in [7, 11) is 0. The number of ketones is 1. The number of aliphatic hydroxyl groups excluding tert-OH is 1. The van der Waals surface area contributed by atoms with Crippen LogP contribution in [0.1, 0.15) is 39.3 Å². The van der Waals surface area contributed by atoms with Gasteiger partial charge in [0, 0.05) is 23.6 Å². The number of halogens is 1. The van der Waals surface area contributed by atoms with Crippen LogP contribution in [0, 0.1) is 0 Å². The summed E-state index contributed by atoms with van der Waals surface area (Å²) in [6.07, 6.45) is 5.89. The fourth-order valence-electron chi connectivity index (χ4n) is 4.12. The molecule has 0 unspecified atom stereocenters. The molecule has 1 fully saturated rings. The number of nitrogens with zero attached hydrogens (tertiary/aromatic N) is 3. The largest absolute Gasteiger partial charge is 0.394 e. The van der Waals surface area contributed by atoms with Crippen molar-refractivity contribution in [2.24, 2.45) is 0 Å². The topological polar surface area (TPSA) is 142 Å². The quantitative estimate of drug-likeness (QED) is 0.279. The van der Waals surface area contributed by atoms with Crippen LogP contribution < -0.4 is 10.6 Å². The number of carbonyl (C=O) groups is 2. The number of amides is 1. The van der Waals surface area contributed by atoms with Crippen molar-refractivity contribution in [1.29, 1.82) is 0 Å². The Morgan fingerprint density at radius 3 is 2.75 bits per heavy atom. The van der Waals surface area contributed by atoms with E-state index in [0.29, 0.717) is 34.7 Å². The van der Waals surface area contributed by atoms with Crippen molar-refractivity contribution in [2.45, 2.75) is 25.0 Å². The van der Waals surface area contributed by atoms with Crippen molar-refractivity contribution in [3.63, 3.8) is 0 Å². The molecule has 0 spiro atoms. The number of rotatable bonds is 7. The second-order valence-corrected chi connectivity index (χ2v) is 8.80. The monoisotopic (exact) mass is 506 g/mol. The lowest BCUT2D eigenvalue weighted by Gasteiger charge is -2.29. The number of fused-ring (bicyclic) bond motifs is 1. The van der Waals surface area contributed by atoms with Gasteiger partial charge in [-0.2, -0.15) is 0 Å². The van der Waals surface area contributed by atoms with Crippen LogP contribution in [0.4, 0.5) is 11.5 Å². The second kappa shape index (κ2) is 10.4. The molecule has 1 amide bonds. The predicted octanol–water partition coefficient (Wildman–Crippen LogP) is 3.44. The first kappa shape index (κ1) is 23.9. The molecule has 0 saturated carbocycles. The molecule has 1 aliphatic heterocycles. The van der Waals surface area contributed by atoms with Gasteiger partial charge in [-0.25, -0.2) is 9.97 Å². The maximum Gasteiger partial charge on any atom is 0.274 e. The lowest BCUT2D eigenvalue weighted by Crippen LogP contribution is -2.36. The molecule has 10 nitrogen and oxygen atoms in total. The van der Waals surface area contributed by atoms with Gasteiger partial charge in [-0.3, -0.25) is 14.6 Å². The fraction of sp³-hybridized carbons (Fsp3) is 0.240. The Balaban J connectivity index is 1.38. The Hall–Kier alpha value is -3.86. The molecular weight excluding hydrogens is 484 g/mol. The zero-order valence-electron chi connectivity index (χ0n) is 19.1. The first-order valence-corrected chi connectivity index (χ1v) is 11.8. The van der Waals surface area contributed by atoms with Crippen LogP contribution in [0.25, 0.3) is 11.0 Å². The van der Waals surface area contributed by atoms with Crippen molar-refractivity contribution >= 4 is 45.8 Å². The molecule has 1 saturated heterocycles. The molecule has 5 rings (SSSR count). The number of aromatic amines is 1. The number of hydrogen-bond acceptors (Lipinski definition) is 8. The second-order valence-electron chi connectivity index (χ2n) is 8.40. The van der Waals surface area contributed by atoms with E-state index in [-0.39, 0.29) is 46.7 Å². The third kappa shape index (κ3) is 4.92. The van der Waals surface area contributed by atoms with E-state index in [4.69, 9.17) is 16.3 Å². The van der Waals surface area contributed by atoms with E-state index in [1.54, 1.807) is 36.5 Å². The minimum absolute atomic E-state index is 0.00664. The van der Waals surface area contributed by atoms with Crippen molar-refractivity contribution < 1.29 is 19.4 Å². The van der Waals surface area contributed by atoms with Crippen LogP contribution in [-0.4, -0.2) is 62.1 Å². The van der Waals surface area contributed by atoms with Crippen LogP contribution in [0.2, 0.25) is 5.02 Å². The summed E-state index contributed by atoms with van der Waals surface area (Å²) < 4.78 is 5.65. The van der Waals surface area contributed by atoms with Crippen molar-refractivity contribution in [1.82, 2.24) is 19.9 Å². The maximum absolute atomic E-state index is 13.5. The number of anilines is 2. The number of aliphatic hydroxyl groups is 1. The standard InChI is InChI=1S/C25H23ClN6O4/c26-19-9-14(32-25(35)20-3-1-2-8-27-20)5-7-17(19)22(34)18-10-28-23-21(18)24(30-13-29-23)31-15-4-6-16(11-33)36-12-15/h1-3,5,7-10,13,15-16,33H,4,6,11-12H2,(H,32,35)(H2,28,29,30,31)/t15-,16+/m0/s1. The Morgan fingerprint density at radius 2 is 2.03 bits per heavy atom. The summed E-state index contributed by atoms with van der Waals surface area (Å²) in [5.74, 6) is -0.185. The molecule has 0 aliphatic carbocycles. The summed E-state index contributed by atoms with van der Waals surface area (Å²) in [5.41, 5.74) is 1.86. The summed E-state index contributed by atoms with van der Waals surface area (Å²) in [6.45, 7) is 0.412. The molecule has 3 aromatic heterocycles. The van der Waals surface area contributed by atoms with Crippen molar-refractivity contribution in [2.75, 3.05) is 23.8 Å². The number of pyridine rings is 1. The molecular formula is C25H23ClN6O4. The molecule has 4 heterocycles. The van der Waals surface area contributed by atoms with E-state index in [1.807, 2.05) is 0 Å². The van der Waals surface area contributed by atoms with E-state index in [9.17, 15) is 14.7 Å². The van der Waals surface area contributed by atoms with Crippen LogP contribution in [0.15, 0.2) is 55.1 Å². The van der Waals surface area contributed by atoms with E-state index in [0.717, 1.165) is 12.8 Å². The van der Waals surface area contributed by atoms with Crippen LogP contribution >= 0.6 is 11.6 Å². The average Bonchev–Trinajstić information content (AvgIpc) is 3.35. The first-order valence-electron chi connectivity index (χ1n) is 11.4. The Labute approximate surface area is 211 Å². The van der Waals surface area contributed by atoms with Crippen LogP contribution in [-0.2, 0) is 4.74 Å². The van der Waals surface area contributed by atoms with E-state index in [2.05, 4.69) is 30.6 Å². The van der Waals surface area contributed by atoms with Gasteiger partial charge in [0.25, 0.3) is 5.91 Å². The molecule has 36 heavy (non-hydrogen) atoms. The van der Waals surface area contributed by atoms with Crippen molar-refractivity contribution in [3.05, 3.63) is 77.0 Å². The van der Waals surface area contributed by atoms with Gasteiger partial charge in [-0.05, 0) is 43.2 Å². The van der Waals surface area contributed by atoms with E-state index >= 15 is 0 Å². The van der Waals surface area contributed by atoms with E-state index in [1.165, 1.54) is 18.6 Å². The maximum atomic E-state index is 13.5. The SMILES string of the molecule is O=C(Nc1ccc(C(=O)c2c[nH]c3ncnc(N[C@H]4CC[C@H](CO)OC4)c23)c(Cl)c1)c1ccccn1. The normalized spacial score (nSPS) is 17.6. The van der Waals surface area contributed by atoms with Crippen LogP contribution in [0.3, 0.4) is 0 Å². The molecule has 2 atom stereocenters. The Bertz CT molecular complexity index is 1400. The molecule has 0 radical (unpaired) electrons. The highest BCUT2D eigenvalue weighted by molar-refractivity contribution is 6.36. The van der Waals surface area contributed by atoms with Gasteiger partial charge in [0.1, 0.15) is 23.5 Å². The summed E-state index contributed by atoms with van der Waals surface area (Å²) in [6, 6.07) is 9.73. The zero-order valence-corrected chi connectivity index (χ0v) is 19.8. The first-order chi connectivity index (χ1) is 17.5. The number of aromatic nitrogens is 4. The summed E-state index contributed by atoms with van der Waals surface area (Å²) in [4.78, 5) is 41.5. The Kier molecular flexibility index (Phi) is 6.90. The third-order valence-electron chi connectivity index (χ3n) is 6.00. The summed E-state index contributed by atoms with van der Waals surface area (Å²) in [5, 5.41) is 16.1. The van der Waals surface area contributed by atoms with Crippen LogP contribution in [0.5, 0.6) is 0 Å². The predicted molar refractivity (Wildman–Crippen MR) is 134 cm³/mol. The highest BCUT2D eigenvalue weighted by atomic mass is 35.5. The van der Waals surface area contributed by atoms with Crippen molar-refractivity contribution in [3.8, 4) is 0 Å². The number of H-pyrrole nitrogens is 1. The molecule has 1 aromatic carbocycles. The minimum atomic E-state index is -0.382. The number of benzene rings is 1. The van der Waals surface area contributed by atoms with Gasteiger partial charge < -0.3 is 25.5 Å². The van der Waals surface area contributed by atoms with Gasteiger partial charge >= 0.3 is 0 Å².